The first-order valence-corrected chi connectivity index (χ1v) is 4.97. The summed E-state index contributed by atoms with van der Waals surface area (Å²) in [5, 5.41) is 5.26. The predicted octanol–water partition coefficient (Wildman–Crippen LogP) is 0.625. The van der Waals surface area contributed by atoms with Crippen molar-refractivity contribution < 1.29 is 4.39 Å². The number of hydrogen-bond donors (Lipinski definition) is 3. The van der Waals surface area contributed by atoms with E-state index in [4.69, 9.17) is 5.73 Å². The molecule has 0 spiro atoms. The third-order valence-corrected chi connectivity index (χ3v) is 2.25. The van der Waals surface area contributed by atoms with Crippen LogP contribution in [0, 0.1) is 0 Å². The summed E-state index contributed by atoms with van der Waals surface area (Å²) in [6.07, 6.45) is 5.44. The fourth-order valence-electron chi connectivity index (χ4n) is 1.28. The number of halogens is 1. The predicted molar refractivity (Wildman–Crippen MR) is 63.7 cm³/mol. The summed E-state index contributed by atoms with van der Waals surface area (Å²) in [6.45, 7) is 5.32. The van der Waals surface area contributed by atoms with Crippen molar-refractivity contribution in [3.8, 4) is 0 Å². The van der Waals surface area contributed by atoms with Crippen molar-refractivity contribution in [2.24, 2.45) is 15.7 Å². The average molecular weight is 225 g/mol. The van der Waals surface area contributed by atoms with Crippen LogP contribution in [0.1, 0.15) is 13.3 Å². The average Bonchev–Trinajstić information content (AvgIpc) is 2.21. The van der Waals surface area contributed by atoms with Gasteiger partial charge in [0.15, 0.2) is 11.9 Å². The zero-order valence-electron chi connectivity index (χ0n) is 9.20. The van der Waals surface area contributed by atoms with E-state index in [9.17, 15) is 4.39 Å². The monoisotopic (exact) mass is 225 g/mol. The standard InChI is InChI=1S/C10H16FN5/c1-3-10(7-15-8(2)11)6-13-4-5-14-9(12)16-10/h4-6,15H,2-3,7H2,1H3,(H3,12,14,16). The van der Waals surface area contributed by atoms with Crippen LogP contribution in [-0.2, 0) is 0 Å². The van der Waals surface area contributed by atoms with Crippen molar-refractivity contribution in [3.63, 3.8) is 0 Å². The van der Waals surface area contributed by atoms with Gasteiger partial charge in [-0.2, -0.15) is 4.39 Å². The van der Waals surface area contributed by atoms with E-state index < -0.39 is 11.5 Å². The maximum atomic E-state index is 12.6. The Morgan fingerprint density at radius 2 is 2.50 bits per heavy atom. The molecule has 1 heterocycles. The van der Waals surface area contributed by atoms with E-state index in [1.807, 2.05) is 6.92 Å². The number of nitrogens with one attached hydrogen (secondary N) is 2. The molecule has 0 radical (unpaired) electrons. The van der Waals surface area contributed by atoms with Crippen molar-refractivity contribution in [1.82, 2.24) is 10.6 Å². The second kappa shape index (κ2) is 5.29. The van der Waals surface area contributed by atoms with Crippen molar-refractivity contribution in [2.45, 2.75) is 18.9 Å². The van der Waals surface area contributed by atoms with Gasteiger partial charge in [0, 0.05) is 25.2 Å². The van der Waals surface area contributed by atoms with Crippen molar-refractivity contribution >= 4 is 12.2 Å². The molecule has 0 fully saturated rings. The number of nitrogens with two attached hydrogens (primary N) is 1. The number of hydrogen-bond acceptors (Lipinski definition) is 5. The Kier molecular flexibility index (Phi) is 4.04. The van der Waals surface area contributed by atoms with Gasteiger partial charge < -0.3 is 16.4 Å². The molecule has 0 aliphatic carbocycles. The number of guanidine groups is 1. The summed E-state index contributed by atoms with van der Waals surface area (Å²) < 4.78 is 12.6. The Balaban J connectivity index is 2.89. The van der Waals surface area contributed by atoms with Gasteiger partial charge in [0.25, 0.3) is 0 Å². The third kappa shape index (κ3) is 3.38. The van der Waals surface area contributed by atoms with Crippen LogP contribution in [-0.4, -0.2) is 24.3 Å². The highest BCUT2D eigenvalue weighted by Gasteiger charge is 2.26. The Bertz CT molecular complexity index is 347. The number of nitrogens with zero attached hydrogens (tertiary/aromatic N) is 2. The first kappa shape index (κ1) is 12.2. The molecular weight excluding hydrogens is 209 g/mol. The molecule has 0 saturated heterocycles. The Hall–Kier alpha value is -1.85. The second-order valence-corrected chi connectivity index (χ2v) is 3.45. The van der Waals surface area contributed by atoms with Gasteiger partial charge in [0.1, 0.15) is 5.54 Å². The van der Waals surface area contributed by atoms with Crippen LogP contribution in [0.3, 0.4) is 0 Å². The van der Waals surface area contributed by atoms with Crippen molar-refractivity contribution in [2.75, 3.05) is 6.54 Å². The fraction of sp³-hybridized carbons (Fsp3) is 0.400. The zero-order valence-corrected chi connectivity index (χ0v) is 9.20. The fourth-order valence-corrected chi connectivity index (χ4v) is 1.28. The quantitative estimate of drug-likeness (QED) is 0.614. The minimum absolute atomic E-state index is 0.262. The van der Waals surface area contributed by atoms with Gasteiger partial charge in [-0.25, -0.2) is 4.99 Å². The highest BCUT2D eigenvalue weighted by Crippen LogP contribution is 2.14. The first-order valence-electron chi connectivity index (χ1n) is 4.97. The largest absolute Gasteiger partial charge is 0.370 e. The molecule has 1 rings (SSSR count). The van der Waals surface area contributed by atoms with E-state index >= 15 is 0 Å². The summed E-state index contributed by atoms with van der Waals surface area (Å²) >= 11 is 0. The van der Waals surface area contributed by atoms with Gasteiger partial charge in [-0.3, -0.25) is 4.99 Å². The lowest BCUT2D eigenvalue weighted by molar-refractivity contribution is 0.471. The summed E-state index contributed by atoms with van der Waals surface area (Å²) in [5.41, 5.74) is 4.99. The van der Waals surface area contributed by atoms with Gasteiger partial charge in [0.2, 0.25) is 0 Å². The highest BCUT2D eigenvalue weighted by atomic mass is 19.1. The molecule has 0 saturated carbocycles. The first-order chi connectivity index (χ1) is 7.58. The molecule has 4 N–H and O–H groups in total. The molecule has 1 atom stereocenters. The smallest absolute Gasteiger partial charge is 0.193 e. The third-order valence-electron chi connectivity index (χ3n) is 2.25. The zero-order chi connectivity index (χ0) is 12.0. The molecule has 5 nitrogen and oxygen atoms in total. The number of aliphatic imine (C=N–C) groups is 2. The lowest BCUT2D eigenvalue weighted by Gasteiger charge is -2.25. The molecule has 1 unspecified atom stereocenters. The topological polar surface area (TPSA) is 74.8 Å². The summed E-state index contributed by atoms with van der Waals surface area (Å²) in [5.74, 6) is -0.323. The molecule has 0 aromatic carbocycles. The molecule has 0 aromatic rings. The van der Waals surface area contributed by atoms with Crippen LogP contribution in [0.15, 0.2) is 34.9 Å². The lowest BCUT2D eigenvalue weighted by Crippen LogP contribution is -2.43. The van der Waals surface area contributed by atoms with Gasteiger partial charge in [-0.1, -0.05) is 6.92 Å². The normalized spacial score (nSPS) is 24.0. The van der Waals surface area contributed by atoms with Gasteiger partial charge >= 0.3 is 0 Å². The molecule has 0 aromatic heterocycles. The molecule has 0 bridgehead atoms. The van der Waals surface area contributed by atoms with E-state index in [2.05, 4.69) is 27.2 Å². The van der Waals surface area contributed by atoms with Crippen LogP contribution >= 0.6 is 0 Å². The molecule has 6 heteroatoms. The van der Waals surface area contributed by atoms with E-state index in [-0.39, 0.29) is 12.5 Å². The van der Waals surface area contributed by atoms with E-state index in [0.29, 0.717) is 6.42 Å². The maximum absolute atomic E-state index is 12.6. The van der Waals surface area contributed by atoms with Crippen LogP contribution in [0.4, 0.5) is 4.39 Å². The minimum atomic E-state index is -0.656. The van der Waals surface area contributed by atoms with E-state index in [1.54, 1.807) is 18.6 Å². The molecular formula is C10H16FN5. The molecule has 88 valence electrons. The van der Waals surface area contributed by atoms with Crippen molar-refractivity contribution in [1.29, 1.82) is 0 Å². The summed E-state index contributed by atoms with van der Waals surface area (Å²) in [4.78, 5) is 8.32. The van der Waals surface area contributed by atoms with Gasteiger partial charge in [-0.05, 0) is 13.0 Å². The van der Waals surface area contributed by atoms with Gasteiger partial charge in [-0.15, -0.1) is 0 Å². The summed E-state index contributed by atoms with van der Waals surface area (Å²) in [6, 6.07) is 0. The van der Waals surface area contributed by atoms with Crippen LogP contribution < -0.4 is 16.4 Å². The number of rotatable bonds is 4. The van der Waals surface area contributed by atoms with Crippen LogP contribution in [0.25, 0.3) is 0 Å². The van der Waals surface area contributed by atoms with Crippen molar-refractivity contribution in [3.05, 3.63) is 24.9 Å². The Labute approximate surface area is 94.0 Å². The summed E-state index contributed by atoms with van der Waals surface area (Å²) in [7, 11) is 0. The van der Waals surface area contributed by atoms with Crippen LogP contribution in [0.2, 0.25) is 0 Å². The van der Waals surface area contributed by atoms with Crippen LogP contribution in [0.5, 0.6) is 0 Å². The lowest BCUT2D eigenvalue weighted by atomic mass is 9.98. The highest BCUT2D eigenvalue weighted by molar-refractivity contribution is 5.84. The molecule has 1 aliphatic rings. The Morgan fingerprint density at radius 3 is 3.12 bits per heavy atom. The SMILES string of the molecule is C=C(F)NCC1(CC)C=NC=CNC(N)=N1. The van der Waals surface area contributed by atoms with E-state index in [0.717, 1.165) is 0 Å². The van der Waals surface area contributed by atoms with E-state index in [1.165, 1.54) is 0 Å². The Morgan fingerprint density at radius 1 is 1.75 bits per heavy atom. The second-order valence-electron chi connectivity index (χ2n) is 3.45. The maximum Gasteiger partial charge on any atom is 0.193 e. The van der Waals surface area contributed by atoms with Gasteiger partial charge in [0.05, 0.1) is 0 Å². The minimum Gasteiger partial charge on any atom is -0.370 e. The molecule has 16 heavy (non-hydrogen) atoms. The molecule has 0 amide bonds. The molecule has 1 aliphatic heterocycles.